The maximum atomic E-state index is 13.0. The first-order chi connectivity index (χ1) is 13.9. The number of aryl methyl sites for hydroxylation is 1. The van der Waals surface area contributed by atoms with Gasteiger partial charge in [-0.3, -0.25) is 4.79 Å². The van der Waals surface area contributed by atoms with Gasteiger partial charge in [-0.05, 0) is 29.9 Å². The summed E-state index contributed by atoms with van der Waals surface area (Å²) in [5.74, 6) is -0.0243. The Kier molecular flexibility index (Phi) is 6.79. The van der Waals surface area contributed by atoms with E-state index in [-0.39, 0.29) is 17.1 Å². The number of thiophene rings is 1. The van der Waals surface area contributed by atoms with Crippen LogP contribution < -0.4 is 16.6 Å². The second-order valence-corrected chi connectivity index (χ2v) is 8.46. The van der Waals surface area contributed by atoms with Crippen LogP contribution in [-0.2, 0) is 6.54 Å². The van der Waals surface area contributed by atoms with Gasteiger partial charge >= 0.3 is 0 Å². The summed E-state index contributed by atoms with van der Waals surface area (Å²) in [5.41, 5.74) is 7.05. The first-order valence-electron chi connectivity index (χ1n) is 9.12. The Morgan fingerprint density at radius 1 is 1.34 bits per heavy atom. The Balaban J connectivity index is 2.18. The largest absolute Gasteiger partial charge is 0.505 e. The molecule has 0 saturated heterocycles. The summed E-state index contributed by atoms with van der Waals surface area (Å²) in [4.78, 5) is 26.9. The third-order valence-electron chi connectivity index (χ3n) is 4.36. The molecule has 2 aromatic heterocycles. The predicted molar refractivity (Wildman–Crippen MR) is 120 cm³/mol. The van der Waals surface area contributed by atoms with Crippen LogP contribution in [0.25, 0.3) is 11.3 Å². The summed E-state index contributed by atoms with van der Waals surface area (Å²) in [6.45, 7) is 4.53. The molecule has 0 aliphatic carbocycles. The summed E-state index contributed by atoms with van der Waals surface area (Å²) in [7, 11) is -0.465. The number of hydrogen-bond acceptors (Lipinski definition) is 6. The molecule has 152 valence electrons. The maximum Gasteiger partial charge on any atom is 0.281 e. The van der Waals surface area contributed by atoms with Crippen LogP contribution >= 0.6 is 20.1 Å². The van der Waals surface area contributed by atoms with Gasteiger partial charge in [0, 0.05) is 31.6 Å². The Labute approximate surface area is 174 Å². The van der Waals surface area contributed by atoms with Crippen LogP contribution in [0.4, 0.5) is 5.69 Å². The molecule has 0 aliphatic heterocycles. The lowest BCUT2D eigenvalue weighted by Gasteiger charge is -2.14. The highest BCUT2D eigenvalue weighted by Gasteiger charge is 2.21. The fraction of sp³-hybridized carbons (Fsp3) is 0.250. The Morgan fingerprint density at radius 2 is 2.10 bits per heavy atom. The van der Waals surface area contributed by atoms with Crippen molar-refractivity contribution >= 4 is 37.0 Å². The zero-order valence-corrected chi connectivity index (χ0v) is 18.0. The molecule has 0 bridgehead atoms. The number of rotatable bonds is 7. The van der Waals surface area contributed by atoms with Crippen molar-refractivity contribution in [1.29, 1.82) is 0 Å². The lowest BCUT2D eigenvalue weighted by Crippen LogP contribution is -2.33. The summed E-state index contributed by atoms with van der Waals surface area (Å²) < 4.78 is 1.34. The summed E-state index contributed by atoms with van der Waals surface area (Å²) in [5, 5.41) is 19.5. The average Bonchev–Trinajstić information content (AvgIpc) is 3.22. The molecule has 1 atom stereocenters. The van der Waals surface area contributed by atoms with Crippen LogP contribution in [0.2, 0.25) is 0 Å². The lowest BCUT2D eigenvalue weighted by atomic mass is 10.1. The van der Waals surface area contributed by atoms with Crippen LogP contribution in [0.3, 0.4) is 0 Å². The molecule has 0 fully saturated rings. The summed E-state index contributed by atoms with van der Waals surface area (Å²) in [6, 6.07) is 8.80. The smallest absolute Gasteiger partial charge is 0.281 e. The van der Waals surface area contributed by atoms with Crippen LogP contribution in [0.5, 0.6) is 5.75 Å². The van der Waals surface area contributed by atoms with Gasteiger partial charge < -0.3 is 15.7 Å². The molecule has 9 heteroatoms. The van der Waals surface area contributed by atoms with E-state index in [0.29, 0.717) is 34.7 Å². The number of aliphatic imine (C=N–C) groups is 1. The topological polar surface area (TPSA) is 114 Å². The van der Waals surface area contributed by atoms with E-state index in [0.717, 1.165) is 6.42 Å². The average molecular weight is 430 g/mol. The number of nitrogens with zero attached hydrogens (tertiary/aromatic N) is 3. The van der Waals surface area contributed by atoms with E-state index in [1.54, 1.807) is 24.3 Å². The SMILES string of the molecule is CC(C)CCn1nc(-c2ccsc2)c(O)c(C(N)=Nc2ccccc2PO)c1=O. The molecule has 2 heterocycles. The van der Waals surface area contributed by atoms with Gasteiger partial charge in [-0.2, -0.15) is 16.4 Å². The van der Waals surface area contributed by atoms with E-state index in [1.807, 2.05) is 16.8 Å². The van der Waals surface area contributed by atoms with Gasteiger partial charge in [0.1, 0.15) is 17.1 Å². The number of benzene rings is 1. The number of amidine groups is 1. The third-order valence-corrected chi connectivity index (χ3v) is 5.71. The van der Waals surface area contributed by atoms with Crippen molar-refractivity contribution < 1.29 is 10.00 Å². The van der Waals surface area contributed by atoms with Crippen molar-refractivity contribution in [3.05, 3.63) is 57.0 Å². The molecule has 4 N–H and O–H groups in total. The van der Waals surface area contributed by atoms with Gasteiger partial charge in [0.15, 0.2) is 5.75 Å². The molecule has 0 amide bonds. The lowest BCUT2D eigenvalue weighted by molar-refractivity contribution is 0.444. The minimum Gasteiger partial charge on any atom is -0.505 e. The van der Waals surface area contributed by atoms with Crippen molar-refractivity contribution in [3.63, 3.8) is 0 Å². The fourth-order valence-corrected chi connectivity index (χ4v) is 3.84. The number of hydrogen-bond donors (Lipinski definition) is 3. The molecule has 29 heavy (non-hydrogen) atoms. The van der Waals surface area contributed by atoms with E-state index in [4.69, 9.17) is 5.73 Å². The second kappa shape index (κ2) is 9.31. The molecule has 0 radical (unpaired) electrons. The number of nitrogens with two attached hydrogens (primary N) is 1. The van der Waals surface area contributed by atoms with Crippen molar-refractivity contribution in [2.75, 3.05) is 0 Å². The summed E-state index contributed by atoms with van der Waals surface area (Å²) >= 11 is 1.47. The van der Waals surface area contributed by atoms with E-state index in [9.17, 15) is 14.8 Å². The van der Waals surface area contributed by atoms with Crippen molar-refractivity contribution in [2.24, 2.45) is 16.6 Å². The van der Waals surface area contributed by atoms with Gasteiger partial charge in [-0.25, -0.2) is 9.67 Å². The Morgan fingerprint density at radius 3 is 2.76 bits per heavy atom. The monoisotopic (exact) mass is 430 g/mol. The van der Waals surface area contributed by atoms with Crippen molar-refractivity contribution in [1.82, 2.24) is 9.78 Å². The molecule has 1 aromatic carbocycles. The molecule has 0 aliphatic rings. The zero-order valence-electron chi connectivity index (χ0n) is 16.2. The first-order valence-corrected chi connectivity index (χ1v) is 11.0. The van der Waals surface area contributed by atoms with Gasteiger partial charge in [0.2, 0.25) is 0 Å². The van der Waals surface area contributed by atoms with Gasteiger partial charge in [0.25, 0.3) is 5.56 Å². The minimum atomic E-state index is -0.493. The predicted octanol–water partition coefficient (Wildman–Crippen LogP) is 2.97. The highest BCUT2D eigenvalue weighted by Crippen LogP contribution is 2.30. The van der Waals surface area contributed by atoms with Gasteiger partial charge in [-0.15, -0.1) is 0 Å². The van der Waals surface area contributed by atoms with Gasteiger partial charge in [-0.1, -0.05) is 32.0 Å². The fourth-order valence-electron chi connectivity index (χ4n) is 2.77. The van der Waals surface area contributed by atoms with E-state index in [1.165, 1.54) is 16.0 Å². The Hall–Kier alpha value is -2.54. The van der Waals surface area contributed by atoms with E-state index in [2.05, 4.69) is 23.9 Å². The molecule has 0 saturated carbocycles. The molecular formula is C20H23N4O3PS. The number of para-hydroxylation sites is 1. The van der Waals surface area contributed by atoms with Crippen LogP contribution in [0.1, 0.15) is 25.8 Å². The highest BCUT2D eigenvalue weighted by molar-refractivity contribution is 7.41. The Bertz CT molecular complexity index is 1080. The number of aromatic nitrogens is 2. The molecule has 0 spiro atoms. The maximum absolute atomic E-state index is 13.0. The minimum absolute atomic E-state index is 0.0824. The van der Waals surface area contributed by atoms with E-state index < -0.39 is 14.4 Å². The molecule has 1 unspecified atom stereocenters. The van der Waals surface area contributed by atoms with Gasteiger partial charge in [0.05, 0.1) is 5.69 Å². The number of aromatic hydroxyl groups is 1. The summed E-state index contributed by atoms with van der Waals surface area (Å²) in [6.07, 6.45) is 0.756. The molecule has 7 nitrogen and oxygen atoms in total. The van der Waals surface area contributed by atoms with Crippen molar-refractivity contribution in [3.8, 4) is 17.0 Å². The van der Waals surface area contributed by atoms with E-state index >= 15 is 0 Å². The standard InChI is InChI=1S/C20H23N4O3PS/c1-12(2)7-9-24-20(26)16(18(25)17(23-24)13-8-10-29-11-13)19(21)22-14-5-3-4-6-15(14)28-27/h3-6,8,10-12,25,27-28H,7,9H2,1-2H3,(H2,21,22). The van der Waals surface area contributed by atoms with Crippen LogP contribution in [0, 0.1) is 5.92 Å². The van der Waals surface area contributed by atoms with Crippen molar-refractivity contribution in [2.45, 2.75) is 26.8 Å². The van der Waals surface area contributed by atoms with Crippen LogP contribution in [0.15, 0.2) is 50.9 Å². The zero-order chi connectivity index (χ0) is 21.0. The van der Waals surface area contributed by atoms with Crippen LogP contribution in [-0.4, -0.2) is 25.6 Å². The first kappa shape index (κ1) is 21.2. The highest BCUT2D eigenvalue weighted by atomic mass is 32.1. The third kappa shape index (κ3) is 4.72. The quantitative estimate of drug-likeness (QED) is 0.303. The molecule has 3 aromatic rings. The molecular weight excluding hydrogens is 407 g/mol. The molecule has 3 rings (SSSR count). The second-order valence-electron chi connectivity index (χ2n) is 6.92. The normalized spacial score (nSPS) is 12.3.